The zero-order valence-corrected chi connectivity index (χ0v) is 17.3. The van der Waals surface area contributed by atoms with E-state index >= 15 is 0 Å². The molecule has 6 nitrogen and oxygen atoms in total. The Balaban J connectivity index is 1.75. The molecule has 0 aromatic heterocycles. The highest BCUT2D eigenvalue weighted by Gasteiger charge is 2.47. The zero-order valence-electron chi connectivity index (χ0n) is 17.3. The monoisotopic (exact) mass is 388 g/mol. The maximum Gasteiger partial charge on any atom is 0.245 e. The molecular formula is C22H32N2O4. The minimum Gasteiger partial charge on any atom is -0.493 e. The van der Waals surface area contributed by atoms with E-state index in [0.717, 1.165) is 31.2 Å². The average molecular weight is 389 g/mol. The van der Waals surface area contributed by atoms with E-state index in [2.05, 4.69) is 5.32 Å². The molecule has 1 N–H and O–H groups in total. The molecule has 0 bridgehead atoms. The Hall–Kier alpha value is -2.24. The molecule has 2 aliphatic rings. The van der Waals surface area contributed by atoms with Crippen LogP contribution in [0, 0.1) is 0 Å². The lowest BCUT2D eigenvalue weighted by Gasteiger charge is -2.36. The lowest BCUT2D eigenvalue weighted by Crippen LogP contribution is -2.56. The van der Waals surface area contributed by atoms with Crippen molar-refractivity contribution >= 4 is 11.8 Å². The largest absolute Gasteiger partial charge is 0.493 e. The van der Waals surface area contributed by atoms with Gasteiger partial charge in [-0.05, 0) is 50.8 Å². The van der Waals surface area contributed by atoms with E-state index in [9.17, 15) is 9.59 Å². The van der Waals surface area contributed by atoms with Crippen molar-refractivity contribution < 1.29 is 19.1 Å². The molecule has 6 heteroatoms. The summed E-state index contributed by atoms with van der Waals surface area (Å²) >= 11 is 0. The number of carbonyl (C=O) groups excluding carboxylic acids is 2. The molecule has 0 unspecified atom stereocenters. The highest BCUT2D eigenvalue weighted by Crippen LogP contribution is 2.34. The molecule has 1 saturated heterocycles. The molecule has 1 heterocycles. The van der Waals surface area contributed by atoms with Crippen LogP contribution in [0.2, 0.25) is 0 Å². The van der Waals surface area contributed by atoms with Gasteiger partial charge in [0.1, 0.15) is 5.54 Å². The van der Waals surface area contributed by atoms with Gasteiger partial charge in [-0.2, -0.15) is 0 Å². The van der Waals surface area contributed by atoms with Crippen molar-refractivity contribution in [2.24, 2.45) is 0 Å². The summed E-state index contributed by atoms with van der Waals surface area (Å²) in [7, 11) is 1.60. The molecule has 2 fully saturated rings. The van der Waals surface area contributed by atoms with Crippen LogP contribution in [-0.4, -0.2) is 42.0 Å². The first-order chi connectivity index (χ1) is 13.5. The number of nitrogens with zero attached hydrogens (tertiary/aromatic N) is 1. The number of likely N-dealkylation sites (tertiary alicyclic amines) is 1. The predicted molar refractivity (Wildman–Crippen MR) is 107 cm³/mol. The smallest absolute Gasteiger partial charge is 0.245 e. The second-order valence-electron chi connectivity index (χ2n) is 7.98. The van der Waals surface area contributed by atoms with Gasteiger partial charge in [-0.15, -0.1) is 0 Å². The van der Waals surface area contributed by atoms with Gasteiger partial charge < -0.3 is 19.7 Å². The Morgan fingerprint density at radius 1 is 1.25 bits per heavy atom. The molecule has 1 aliphatic heterocycles. The number of rotatable bonds is 7. The first-order valence-electron chi connectivity index (χ1n) is 10.4. The molecule has 0 spiro atoms. The van der Waals surface area contributed by atoms with Crippen LogP contribution in [0.3, 0.4) is 0 Å². The number of nitrogens with one attached hydrogen (secondary N) is 1. The van der Waals surface area contributed by atoms with Crippen molar-refractivity contribution in [2.45, 2.75) is 76.9 Å². The van der Waals surface area contributed by atoms with Gasteiger partial charge in [0, 0.05) is 19.0 Å². The molecule has 28 heavy (non-hydrogen) atoms. The molecular weight excluding hydrogens is 356 g/mol. The number of amides is 2. The fourth-order valence-corrected chi connectivity index (χ4v) is 4.25. The maximum atomic E-state index is 13.1. The standard InChI is InChI=1S/C22H32N2O4/c1-4-28-18-11-10-16(14-19(18)27-3)15-24-20(25)12-13-22(24,2)21(26)23-17-8-6-5-7-9-17/h10-11,14,17H,4-9,12-13,15H2,1-3H3,(H,23,26)/t22-/m0/s1. The van der Waals surface area contributed by atoms with Gasteiger partial charge in [-0.25, -0.2) is 0 Å². The summed E-state index contributed by atoms with van der Waals surface area (Å²) in [5.74, 6) is 1.32. The Morgan fingerprint density at radius 2 is 2.00 bits per heavy atom. The number of ether oxygens (including phenoxy) is 2. The summed E-state index contributed by atoms with van der Waals surface area (Å²) < 4.78 is 11.0. The van der Waals surface area contributed by atoms with Crippen molar-refractivity contribution in [3.63, 3.8) is 0 Å². The van der Waals surface area contributed by atoms with Crippen molar-refractivity contribution in [3.8, 4) is 11.5 Å². The van der Waals surface area contributed by atoms with Gasteiger partial charge >= 0.3 is 0 Å². The maximum absolute atomic E-state index is 13.1. The molecule has 2 amide bonds. The Kier molecular flexibility index (Phi) is 6.47. The van der Waals surface area contributed by atoms with E-state index in [0.29, 0.717) is 37.5 Å². The number of carbonyl (C=O) groups is 2. The van der Waals surface area contributed by atoms with Gasteiger partial charge in [0.05, 0.1) is 13.7 Å². The second-order valence-corrected chi connectivity index (χ2v) is 7.98. The molecule has 1 saturated carbocycles. The quantitative estimate of drug-likeness (QED) is 0.777. The van der Waals surface area contributed by atoms with Crippen LogP contribution in [0.25, 0.3) is 0 Å². The Labute approximate surface area is 167 Å². The van der Waals surface area contributed by atoms with Gasteiger partial charge in [-0.3, -0.25) is 9.59 Å². The zero-order chi connectivity index (χ0) is 20.1. The molecule has 154 valence electrons. The Bertz CT molecular complexity index is 714. The SMILES string of the molecule is CCOc1ccc(CN2C(=O)CC[C@@]2(C)C(=O)NC2CCCCC2)cc1OC. The lowest BCUT2D eigenvalue weighted by atomic mass is 9.92. The van der Waals surface area contributed by atoms with Crippen LogP contribution in [-0.2, 0) is 16.1 Å². The van der Waals surface area contributed by atoms with Crippen LogP contribution >= 0.6 is 0 Å². The normalized spacial score (nSPS) is 23.0. The lowest BCUT2D eigenvalue weighted by molar-refractivity contribution is -0.141. The van der Waals surface area contributed by atoms with Crippen molar-refractivity contribution in [3.05, 3.63) is 23.8 Å². The summed E-state index contributed by atoms with van der Waals surface area (Å²) in [4.78, 5) is 27.4. The summed E-state index contributed by atoms with van der Waals surface area (Å²) in [6, 6.07) is 5.91. The van der Waals surface area contributed by atoms with E-state index in [1.54, 1.807) is 12.0 Å². The van der Waals surface area contributed by atoms with E-state index < -0.39 is 5.54 Å². The Morgan fingerprint density at radius 3 is 2.68 bits per heavy atom. The minimum absolute atomic E-state index is 0.0224. The first-order valence-corrected chi connectivity index (χ1v) is 10.4. The first kappa shape index (κ1) is 20.5. The highest BCUT2D eigenvalue weighted by molar-refractivity contribution is 5.94. The summed E-state index contributed by atoms with van der Waals surface area (Å²) in [6.45, 7) is 4.75. The third kappa shape index (κ3) is 4.26. The molecule has 3 rings (SSSR count). The van der Waals surface area contributed by atoms with Gasteiger partial charge in [0.2, 0.25) is 11.8 Å². The minimum atomic E-state index is -0.805. The highest BCUT2D eigenvalue weighted by atomic mass is 16.5. The van der Waals surface area contributed by atoms with Gasteiger partial charge in [-0.1, -0.05) is 25.3 Å². The van der Waals surface area contributed by atoms with Crippen LogP contribution in [0.15, 0.2) is 18.2 Å². The second kappa shape index (κ2) is 8.84. The molecule has 1 aliphatic carbocycles. The van der Waals surface area contributed by atoms with Crippen LogP contribution < -0.4 is 14.8 Å². The van der Waals surface area contributed by atoms with Gasteiger partial charge in [0.15, 0.2) is 11.5 Å². The van der Waals surface area contributed by atoms with Crippen LogP contribution in [0.4, 0.5) is 0 Å². The van der Waals surface area contributed by atoms with Crippen LogP contribution in [0.5, 0.6) is 11.5 Å². The summed E-state index contributed by atoms with van der Waals surface area (Å²) in [5.41, 5.74) is 0.118. The molecule has 1 aromatic rings. The molecule has 0 radical (unpaired) electrons. The third-order valence-corrected chi connectivity index (χ3v) is 6.02. The number of methoxy groups -OCH3 is 1. The van der Waals surface area contributed by atoms with E-state index in [4.69, 9.17) is 9.47 Å². The summed E-state index contributed by atoms with van der Waals surface area (Å²) in [5, 5.41) is 3.21. The molecule has 1 aromatic carbocycles. The van der Waals surface area contributed by atoms with Crippen molar-refractivity contribution in [1.29, 1.82) is 0 Å². The van der Waals surface area contributed by atoms with E-state index in [-0.39, 0.29) is 17.9 Å². The summed E-state index contributed by atoms with van der Waals surface area (Å²) in [6.07, 6.45) is 6.60. The fraction of sp³-hybridized carbons (Fsp3) is 0.636. The van der Waals surface area contributed by atoms with Gasteiger partial charge in [0.25, 0.3) is 0 Å². The van der Waals surface area contributed by atoms with Crippen molar-refractivity contribution in [2.75, 3.05) is 13.7 Å². The number of hydrogen-bond donors (Lipinski definition) is 1. The van der Waals surface area contributed by atoms with E-state index in [1.807, 2.05) is 32.0 Å². The molecule has 1 atom stereocenters. The fourth-order valence-electron chi connectivity index (χ4n) is 4.25. The number of benzene rings is 1. The van der Waals surface area contributed by atoms with E-state index in [1.165, 1.54) is 6.42 Å². The van der Waals surface area contributed by atoms with Crippen LogP contribution in [0.1, 0.15) is 64.4 Å². The van der Waals surface area contributed by atoms with Crippen molar-refractivity contribution in [1.82, 2.24) is 10.2 Å². The number of hydrogen-bond acceptors (Lipinski definition) is 4. The topological polar surface area (TPSA) is 67.9 Å². The predicted octanol–water partition coefficient (Wildman–Crippen LogP) is 3.42. The average Bonchev–Trinajstić information content (AvgIpc) is 2.99. The third-order valence-electron chi connectivity index (χ3n) is 6.02.